The Morgan fingerprint density at radius 3 is 2.65 bits per heavy atom. The van der Waals surface area contributed by atoms with Crippen LogP contribution in [-0.2, 0) is 12.0 Å². The maximum Gasteiger partial charge on any atom is 0.322 e. The minimum absolute atomic E-state index is 0.0728. The van der Waals surface area contributed by atoms with E-state index < -0.39 is 0 Å². The number of rotatable bonds is 5. The van der Waals surface area contributed by atoms with Crippen LogP contribution in [0.4, 0.5) is 10.5 Å². The molecule has 2 amide bonds. The third-order valence-electron chi connectivity index (χ3n) is 7.18. The number of fused-ring (bicyclic) bond motifs is 2. The molecular weight excluding hydrogens is 595 g/mol. The summed E-state index contributed by atoms with van der Waals surface area (Å²) in [6, 6.07) is 15.3. The van der Waals surface area contributed by atoms with Crippen molar-refractivity contribution in [3.8, 4) is 0 Å². The van der Waals surface area contributed by atoms with Crippen LogP contribution in [0, 0.1) is 0 Å². The number of pyridine rings is 1. The molecule has 1 fully saturated rings. The van der Waals surface area contributed by atoms with Gasteiger partial charge < -0.3 is 5.32 Å². The first-order valence-corrected chi connectivity index (χ1v) is 14.1. The van der Waals surface area contributed by atoms with E-state index in [-0.39, 0.29) is 11.4 Å². The number of aromatic nitrogens is 1. The number of amides is 2. The summed E-state index contributed by atoms with van der Waals surface area (Å²) in [6.07, 6.45) is 7.85. The lowest BCUT2D eigenvalue weighted by Crippen LogP contribution is -2.47. The summed E-state index contributed by atoms with van der Waals surface area (Å²) in [4.78, 5) is 21.7. The lowest BCUT2D eigenvalue weighted by molar-refractivity contribution is 0.179. The second-order valence-corrected chi connectivity index (χ2v) is 11.6. The molecule has 0 aliphatic carbocycles. The van der Waals surface area contributed by atoms with Gasteiger partial charge in [-0.05, 0) is 79.0 Å². The van der Waals surface area contributed by atoms with Crippen LogP contribution in [0.3, 0.4) is 0 Å². The molecule has 2 aromatic carbocycles. The Hall–Kier alpha value is -2.09. The molecule has 1 spiro atoms. The number of benzene rings is 2. The van der Waals surface area contributed by atoms with E-state index in [0.717, 1.165) is 53.8 Å². The molecule has 0 radical (unpaired) electrons. The van der Waals surface area contributed by atoms with Crippen LogP contribution >= 0.6 is 50.7 Å². The van der Waals surface area contributed by atoms with E-state index in [1.807, 2.05) is 41.3 Å². The third kappa shape index (κ3) is 5.84. The van der Waals surface area contributed by atoms with Crippen molar-refractivity contribution in [3.05, 3.63) is 97.2 Å². The normalized spacial score (nSPS) is 16.9. The quantitative estimate of drug-likeness (QED) is 0.299. The number of carbonyl (C=O) groups excluding carboxylic acids is 1. The van der Waals surface area contributed by atoms with E-state index in [1.165, 1.54) is 5.56 Å². The van der Waals surface area contributed by atoms with Crippen molar-refractivity contribution in [3.63, 3.8) is 0 Å². The van der Waals surface area contributed by atoms with Crippen molar-refractivity contribution in [1.29, 1.82) is 0 Å². The zero-order chi connectivity index (χ0) is 26.0. The largest absolute Gasteiger partial charge is 0.334 e. The lowest BCUT2D eigenvalue weighted by atomic mass is 9.74. The first-order chi connectivity index (χ1) is 17.8. The van der Waals surface area contributed by atoms with Crippen LogP contribution in [0.2, 0.25) is 15.2 Å². The summed E-state index contributed by atoms with van der Waals surface area (Å²) >= 11 is 21.9. The zero-order valence-electron chi connectivity index (χ0n) is 20.1. The SMILES string of the molecule is O=C(NCc1ccnc(Cl)c1)N1CC2(CCN(C/C=C/c3ccc(Cl)c(Cl)c3)CC2)c2c(Br)cccc21. The molecule has 0 saturated carbocycles. The highest BCUT2D eigenvalue weighted by Gasteiger charge is 2.47. The average Bonchev–Trinajstić information content (AvgIpc) is 3.21. The van der Waals surface area contributed by atoms with Crippen molar-refractivity contribution in [1.82, 2.24) is 15.2 Å². The van der Waals surface area contributed by atoms with Crippen LogP contribution in [0.15, 0.2) is 65.3 Å². The van der Waals surface area contributed by atoms with Gasteiger partial charge in [-0.15, -0.1) is 0 Å². The molecular formula is C28H26BrCl3N4O. The van der Waals surface area contributed by atoms with Crippen molar-refractivity contribution in [2.45, 2.75) is 24.8 Å². The summed E-state index contributed by atoms with van der Waals surface area (Å²) < 4.78 is 1.06. The standard InChI is InChI=1S/C28H26BrCl3N4O/c29-21-4-1-5-24-26(21)28(18-36(24)27(37)34-17-20-8-11-33-25(32)16-20)9-13-35(14-10-28)12-2-3-19-6-7-22(30)23(31)15-19/h1-8,11,15-16H,9-10,12-14,17-18H2,(H,34,37)/b3-2+. The lowest BCUT2D eigenvalue weighted by Gasteiger charge is -2.39. The minimum atomic E-state index is -0.101. The van der Waals surface area contributed by atoms with Gasteiger partial charge in [0.2, 0.25) is 0 Å². The summed E-state index contributed by atoms with van der Waals surface area (Å²) in [6.45, 7) is 3.83. The Kier molecular flexibility index (Phi) is 8.13. The van der Waals surface area contributed by atoms with Gasteiger partial charge in [0.25, 0.3) is 0 Å². The molecule has 0 bridgehead atoms. The predicted octanol–water partition coefficient (Wildman–Crippen LogP) is 7.58. The van der Waals surface area contributed by atoms with Crippen LogP contribution in [0.1, 0.15) is 29.5 Å². The molecule has 0 unspecified atom stereocenters. The van der Waals surface area contributed by atoms with E-state index in [4.69, 9.17) is 34.8 Å². The van der Waals surface area contributed by atoms with E-state index in [2.05, 4.69) is 49.3 Å². The molecule has 3 heterocycles. The maximum atomic E-state index is 13.3. The Morgan fingerprint density at radius 1 is 1.08 bits per heavy atom. The fourth-order valence-corrected chi connectivity index (χ4v) is 6.54. The molecule has 0 atom stereocenters. The molecule has 1 aromatic heterocycles. The highest BCUT2D eigenvalue weighted by atomic mass is 79.9. The van der Waals surface area contributed by atoms with Crippen LogP contribution in [-0.4, -0.2) is 42.1 Å². The molecule has 1 N–H and O–H groups in total. The van der Waals surface area contributed by atoms with Gasteiger partial charge in [-0.2, -0.15) is 0 Å². The van der Waals surface area contributed by atoms with E-state index in [0.29, 0.717) is 28.3 Å². The second-order valence-electron chi connectivity index (χ2n) is 9.52. The number of nitrogens with zero attached hydrogens (tertiary/aromatic N) is 3. The zero-order valence-corrected chi connectivity index (χ0v) is 23.9. The second kappa shape index (κ2) is 11.3. The van der Waals surface area contributed by atoms with Crippen molar-refractivity contribution >= 4 is 68.5 Å². The average molecular weight is 621 g/mol. The fourth-order valence-electron chi connectivity index (χ4n) is 5.26. The summed E-state index contributed by atoms with van der Waals surface area (Å²) in [5, 5.41) is 4.60. The molecule has 192 valence electrons. The molecule has 37 heavy (non-hydrogen) atoms. The van der Waals surface area contributed by atoms with Crippen molar-refractivity contribution in [2.75, 3.05) is 31.1 Å². The first-order valence-electron chi connectivity index (χ1n) is 12.1. The number of hydrogen-bond donors (Lipinski definition) is 1. The number of piperidine rings is 1. The van der Waals surface area contributed by atoms with Gasteiger partial charge >= 0.3 is 6.03 Å². The minimum Gasteiger partial charge on any atom is -0.334 e. The Balaban J connectivity index is 1.25. The number of anilines is 1. The smallest absolute Gasteiger partial charge is 0.322 e. The number of urea groups is 1. The first kappa shape index (κ1) is 26.5. The molecule has 2 aliphatic heterocycles. The summed E-state index contributed by atoms with van der Waals surface area (Å²) in [5.74, 6) is 0. The van der Waals surface area contributed by atoms with Gasteiger partial charge in [-0.3, -0.25) is 9.80 Å². The van der Waals surface area contributed by atoms with E-state index >= 15 is 0 Å². The molecule has 1 saturated heterocycles. The molecule has 5 rings (SSSR count). The highest BCUT2D eigenvalue weighted by molar-refractivity contribution is 9.10. The Bertz CT molecular complexity index is 1340. The predicted molar refractivity (Wildman–Crippen MR) is 156 cm³/mol. The van der Waals surface area contributed by atoms with Gasteiger partial charge in [-0.25, -0.2) is 9.78 Å². The molecule has 2 aliphatic rings. The topological polar surface area (TPSA) is 48.5 Å². The number of halogens is 4. The van der Waals surface area contributed by atoms with Crippen LogP contribution < -0.4 is 10.2 Å². The molecule has 3 aromatic rings. The number of likely N-dealkylation sites (tertiary alicyclic amines) is 1. The maximum absolute atomic E-state index is 13.3. The van der Waals surface area contributed by atoms with Gasteiger partial charge in [0.1, 0.15) is 5.15 Å². The number of hydrogen-bond acceptors (Lipinski definition) is 3. The van der Waals surface area contributed by atoms with Gasteiger partial charge in [0.05, 0.1) is 15.7 Å². The fraction of sp³-hybridized carbons (Fsp3) is 0.286. The molecule has 9 heteroatoms. The Labute approximate surface area is 240 Å². The molecule has 5 nitrogen and oxygen atoms in total. The Morgan fingerprint density at radius 2 is 1.89 bits per heavy atom. The van der Waals surface area contributed by atoms with Crippen LogP contribution in [0.25, 0.3) is 6.08 Å². The van der Waals surface area contributed by atoms with Crippen molar-refractivity contribution in [2.24, 2.45) is 0 Å². The van der Waals surface area contributed by atoms with E-state index in [9.17, 15) is 4.79 Å². The van der Waals surface area contributed by atoms with E-state index in [1.54, 1.807) is 12.3 Å². The van der Waals surface area contributed by atoms with Gasteiger partial charge in [0.15, 0.2) is 0 Å². The number of nitrogens with one attached hydrogen (secondary N) is 1. The highest BCUT2D eigenvalue weighted by Crippen LogP contribution is 2.50. The summed E-state index contributed by atoms with van der Waals surface area (Å²) in [5.41, 5.74) is 4.10. The number of carbonyl (C=O) groups is 1. The van der Waals surface area contributed by atoms with Crippen molar-refractivity contribution < 1.29 is 4.79 Å². The summed E-state index contributed by atoms with van der Waals surface area (Å²) in [7, 11) is 0. The van der Waals surface area contributed by atoms with Gasteiger partial charge in [0, 0.05) is 35.7 Å². The van der Waals surface area contributed by atoms with Crippen LogP contribution in [0.5, 0.6) is 0 Å². The monoisotopic (exact) mass is 618 g/mol. The van der Waals surface area contributed by atoms with Gasteiger partial charge in [-0.1, -0.05) is 75.0 Å². The third-order valence-corrected chi connectivity index (χ3v) is 8.79.